The Kier molecular flexibility index (Phi) is 4.52. The van der Waals surface area contributed by atoms with Crippen LogP contribution in [-0.2, 0) is 10.8 Å². The van der Waals surface area contributed by atoms with Crippen LogP contribution in [0.4, 0.5) is 22.7 Å². The van der Waals surface area contributed by atoms with Gasteiger partial charge in [-0.1, -0.05) is 77.6 Å². The maximum absolute atomic E-state index is 2.56. The minimum absolute atomic E-state index is 0.199. The lowest BCUT2D eigenvalue weighted by molar-refractivity contribution is 0.327. The van der Waals surface area contributed by atoms with Crippen molar-refractivity contribution in [2.45, 2.75) is 80.9 Å². The van der Waals surface area contributed by atoms with Crippen molar-refractivity contribution >= 4 is 34.5 Å². The van der Waals surface area contributed by atoms with E-state index in [-0.39, 0.29) is 10.8 Å². The highest BCUT2D eigenvalue weighted by molar-refractivity contribution is 7.99. The number of rotatable bonds is 2. The van der Waals surface area contributed by atoms with Gasteiger partial charge in [-0.2, -0.15) is 0 Å². The van der Waals surface area contributed by atoms with Crippen LogP contribution in [0.5, 0.6) is 0 Å². The van der Waals surface area contributed by atoms with E-state index < -0.39 is 0 Å². The van der Waals surface area contributed by atoms with Gasteiger partial charge in [0, 0.05) is 15.5 Å². The highest BCUT2D eigenvalue weighted by Gasteiger charge is 2.43. The summed E-state index contributed by atoms with van der Waals surface area (Å²) >= 11 is 1.99. The molecule has 0 unspecified atom stereocenters. The summed E-state index contributed by atoms with van der Waals surface area (Å²) in [5.74, 6) is 0.553. The lowest BCUT2D eigenvalue weighted by Crippen LogP contribution is -2.35. The monoisotopic (exact) mass is 454 g/mol. The summed E-state index contributed by atoms with van der Waals surface area (Å²) in [5, 5.41) is 0. The Balaban J connectivity index is 1.49. The van der Waals surface area contributed by atoms with Crippen LogP contribution in [0.3, 0.4) is 0 Å². The van der Waals surface area contributed by atoms with E-state index in [2.05, 4.69) is 106 Å². The van der Waals surface area contributed by atoms with E-state index in [0.717, 1.165) is 6.67 Å². The molecule has 2 nitrogen and oxygen atoms in total. The van der Waals surface area contributed by atoms with E-state index in [1.165, 1.54) is 50.9 Å². The largest absolute Gasteiger partial charge is 0.321 e. The van der Waals surface area contributed by atoms with Gasteiger partial charge in [0.15, 0.2) is 0 Å². The molecule has 0 bridgehead atoms. The topological polar surface area (TPSA) is 6.48 Å². The lowest BCUT2D eigenvalue weighted by atomic mass is 9.63. The second-order valence-corrected chi connectivity index (χ2v) is 12.6. The van der Waals surface area contributed by atoms with Gasteiger partial charge in [0.05, 0.1) is 17.1 Å². The van der Waals surface area contributed by atoms with Crippen molar-refractivity contribution in [3.63, 3.8) is 0 Å². The van der Waals surface area contributed by atoms with Crippen LogP contribution in [0.2, 0.25) is 0 Å². The summed E-state index contributed by atoms with van der Waals surface area (Å²) in [6.45, 7) is 15.1. The third-order valence-corrected chi connectivity index (χ3v) is 9.28. The fourth-order valence-corrected chi connectivity index (χ4v) is 7.39. The number of para-hydroxylation sites is 1. The van der Waals surface area contributed by atoms with Crippen molar-refractivity contribution in [3.8, 4) is 0 Å². The van der Waals surface area contributed by atoms with Crippen molar-refractivity contribution in [1.82, 2.24) is 0 Å². The molecule has 0 saturated heterocycles. The normalized spacial score (nSPS) is 19.4. The number of fused-ring (bicyclic) bond motifs is 4. The highest BCUT2D eigenvalue weighted by Crippen LogP contribution is 2.60. The molecule has 0 atom stereocenters. The molecule has 2 heterocycles. The Morgan fingerprint density at radius 3 is 2.24 bits per heavy atom. The quantitative estimate of drug-likeness (QED) is 0.382. The molecule has 0 fully saturated rings. The van der Waals surface area contributed by atoms with Gasteiger partial charge in [0.1, 0.15) is 6.67 Å². The Hall–Kier alpha value is -2.39. The zero-order chi connectivity index (χ0) is 23.1. The van der Waals surface area contributed by atoms with Crippen LogP contribution in [0.1, 0.15) is 77.0 Å². The minimum Gasteiger partial charge on any atom is -0.321 e. The highest BCUT2D eigenvalue weighted by atomic mass is 32.2. The third-order valence-electron chi connectivity index (χ3n) is 8.11. The van der Waals surface area contributed by atoms with E-state index in [1.54, 1.807) is 11.1 Å². The average molecular weight is 455 g/mol. The summed E-state index contributed by atoms with van der Waals surface area (Å²) in [4.78, 5) is 7.90. The van der Waals surface area contributed by atoms with Crippen molar-refractivity contribution < 1.29 is 0 Å². The first kappa shape index (κ1) is 21.2. The molecule has 0 amide bonds. The van der Waals surface area contributed by atoms with Gasteiger partial charge in [-0.25, -0.2) is 0 Å². The van der Waals surface area contributed by atoms with Crippen molar-refractivity contribution in [1.29, 1.82) is 0 Å². The summed E-state index contributed by atoms with van der Waals surface area (Å²) in [6.07, 6.45) is 2.49. The zero-order valence-electron chi connectivity index (χ0n) is 20.7. The fourth-order valence-electron chi connectivity index (χ4n) is 5.95. The van der Waals surface area contributed by atoms with Gasteiger partial charge in [-0.05, 0) is 76.6 Å². The molecule has 0 N–H and O–H groups in total. The fraction of sp³-hybridized carbons (Fsp3) is 0.400. The standard InChI is InChI=1S/C30H34N2S/c1-19(2)20-10-12-21(13-11-20)31-18-32-24-15-14-22-26(30(5,6)17-16-29(22,3)4)28(24)33-25-9-7-8-23(31)27(25)32/h7-15,19H,16-18H2,1-6H3. The summed E-state index contributed by atoms with van der Waals surface area (Å²) in [6, 6.07) is 20.8. The summed E-state index contributed by atoms with van der Waals surface area (Å²) < 4.78 is 0. The van der Waals surface area contributed by atoms with E-state index in [1.807, 2.05) is 11.8 Å². The molecule has 33 heavy (non-hydrogen) atoms. The van der Waals surface area contributed by atoms with Crippen molar-refractivity contribution in [2.24, 2.45) is 0 Å². The van der Waals surface area contributed by atoms with Crippen LogP contribution < -0.4 is 9.80 Å². The maximum Gasteiger partial charge on any atom is 0.100 e. The van der Waals surface area contributed by atoms with Crippen LogP contribution in [0.25, 0.3) is 0 Å². The Labute approximate surface area is 203 Å². The predicted molar refractivity (Wildman–Crippen MR) is 142 cm³/mol. The van der Waals surface area contributed by atoms with Gasteiger partial charge < -0.3 is 9.80 Å². The van der Waals surface area contributed by atoms with Gasteiger partial charge in [0.2, 0.25) is 0 Å². The zero-order valence-corrected chi connectivity index (χ0v) is 21.5. The minimum atomic E-state index is 0.199. The van der Waals surface area contributed by atoms with Crippen LogP contribution in [0.15, 0.2) is 64.4 Å². The smallest absolute Gasteiger partial charge is 0.100 e. The van der Waals surface area contributed by atoms with Gasteiger partial charge in [-0.3, -0.25) is 0 Å². The number of nitrogens with zero attached hydrogens (tertiary/aromatic N) is 2. The molecular formula is C30H34N2S. The van der Waals surface area contributed by atoms with Gasteiger partial charge in [-0.15, -0.1) is 0 Å². The van der Waals surface area contributed by atoms with Crippen LogP contribution in [0, 0.1) is 0 Å². The number of anilines is 4. The lowest BCUT2D eigenvalue weighted by Gasteiger charge is -2.44. The second kappa shape index (κ2) is 7.06. The molecule has 0 aromatic heterocycles. The molecular weight excluding hydrogens is 420 g/mol. The molecule has 3 heteroatoms. The van der Waals surface area contributed by atoms with Crippen LogP contribution in [-0.4, -0.2) is 6.67 Å². The maximum atomic E-state index is 2.56. The summed E-state index contributed by atoms with van der Waals surface area (Å²) in [7, 11) is 0. The molecule has 6 rings (SSSR count). The van der Waals surface area contributed by atoms with E-state index in [4.69, 9.17) is 0 Å². The molecule has 0 spiro atoms. The Morgan fingerprint density at radius 2 is 1.52 bits per heavy atom. The van der Waals surface area contributed by atoms with Crippen LogP contribution >= 0.6 is 11.8 Å². The van der Waals surface area contributed by atoms with E-state index >= 15 is 0 Å². The molecule has 2 aliphatic heterocycles. The molecule has 3 aromatic carbocycles. The molecule has 3 aromatic rings. The second-order valence-electron chi connectivity index (χ2n) is 11.6. The molecule has 0 saturated carbocycles. The van der Waals surface area contributed by atoms with Crippen molar-refractivity contribution in [2.75, 3.05) is 16.5 Å². The first-order chi connectivity index (χ1) is 15.7. The molecule has 1 aliphatic carbocycles. The SMILES string of the molecule is CC(C)c1ccc(N2CN3c4ccc5c(c4Sc4cccc2c43)C(C)(C)CCC5(C)C)cc1. The average Bonchev–Trinajstić information content (AvgIpc) is 3.18. The van der Waals surface area contributed by atoms with E-state index in [9.17, 15) is 0 Å². The molecule has 170 valence electrons. The van der Waals surface area contributed by atoms with Crippen molar-refractivity contribution in [3.05, 3.63) is 71.3 Å². The Bertz CT molecular complexity index is 1250. The molecule has 3 aliphatic rings. The first-order valence-electron chi connectivity index (χ1n) is 12.3. The van der Waals surface area contributed by atoms with Gasteiger partial charge in [0.25, 0.3) is 0 Å². The summed E-state index contributed by atoms with van der Waals surface area (Å²) in [5.41, 5.74) is 10.3. The third kappa shape index (κ3) is 3.08. The number of hydrogen-bond donors (Lipinski definition) is 0. The van der Waals surface area contributed by atoms with E-state index in [0.29, 0.717) is 5.92 Å². The number of hydrogen-bond acceptors (Lipinski definition) is 3. The molecule has 0 radical (unpaired) electrons. The first-order valence-corrected chi connectivity index (χ1v) is 13.1. The Morgan fingerprint density at radius 1 is 0.788 bits per heavy atom. The number of benzene rings is 3. The predicted octanol–water partition coefficient (Wildman–Crippen LogP) is 8.87. The van der Waals surface area contributed by atoms with Gasteiger partial charge >= 0.3 is 0 Å².